The van der Waals surface area contributed by atoms with Gasteiger partial charge in [-0.15, -0.1) is 0 Å². The first-order valence-electron chi connectivity index (χ1n) is 9.36. The molecule has 0 bridgehead atoms. The third kappa shape index (κ3) is 5.86. The zero-order chi connectivity index (χ0) is 20.9. The summed E-state index contributed by atoms with van der Waals surface area (Å²) in [6.07, 6.45) is 1.74. The van der Waals surface area contributed by atoms with Gasteiger partial charge in [0.05, 0.1) is 7.11 Å². The van der Waals surface area contributed by atoms with Gasteiger partial charge in [-0.05, 0) is 73.2 Å². The fourth-order valence-corrected chi connectivity index (χ4v) is 4.09. The number of methoxy groups -OCH3 is 1. The van der Waals surface area contributed by atoms with Crippen molar-refractivity contribution in [3.8, 4) is 17.2 Å². The van der Waals surface area contributed by atoms with Gasteiger partial charge in [0.15, 0.2) is 0 Å². The molecule has 0 amide bonds. The van der Waals surface area contributed by atoms with E-state index in [9.17, 15) is 9.46 Å². The second-order valence-corrected chi connectivity index (χ2v) is 8.17. The predicted octanol–water partition coefficient (Wildman–Crippen LogP) is 5.66. The van der Waals surface area contributed by atoms with Crippen molar-refractivity contribution in [3.63, 3.8) is 0 Å². The first-order chi connectivity index (χ1) is 13.9. The van der Waals surface area contributed by atoms with Gasteiger partial charge in [-0.2, -0.15) is 0 Å². The van der Waals surface area contributed by atoms with E-state index in [2.05, 4.69) is 12.1 Å². The number of ether oxygens (including phenoxy) is 1. The Kier molecular flexibility index (Phi) is 6.63. The summed E-state index contributed by atoms with van der Waals surface area (Å²) in [5.41, 5.74) is 4.61. The second-order valence-electron chi connectivity index (χ2n) is 6.87. The van der Waals surface area contributed by atoms with Crippen molar-refractivity contribution in [1.82, 2.24) is 0 Å². The normalized spacial score (nSPS) is 12.8. The molecular formula is C23H25O5P. The highest BCUT2D eigenvalue weighted by molar-refractivity contribution is 7.48. The van der Waals surface area contributed by atoms with Gasteiger partial charge in [-0.25, -0.2) is 4.57 Å². The van der Waals surface area contributed by atoms with Crippen molar-refractivity contribution in [3.05, 3.63) is 89.0 Å². The number of rotatable bonds is 8. The van der Waals surface area contributed by atoms with Crippen LogP contribution in [0.25, 0.3) is 0 Å². The Morgan fingerprint density at radius 3 is 1.86 bits per heavy atom. The minimum atomic E-state index is -4.25. The van der Waals surface area contributed by atoms with Crippen molar-refractivity contribution < 1.29 is 23.2 Å². The highest BCUT2D eigenvalue weighted by atomic mass is 31.2. The first kappa shape index (κ1) is 21.0. The van der Waals surface area contributed by atoms with Gasteiger partial charge in [0.2, 0.25) is 0 Å². The summed E-state index contributed by atoms with van der Waals surface area (Å²) in [6.45, 7) is 4.10. The monoisotopic (exact) mass is 412 g/mol. The van der Waals surface area contributed by atoms with Gasteiger partial charge in [-0.1, -0.05) is 42.5 Å². The van der Waals surface area contributed by atoms with E-state index >= 15 is 0 Å². The van der Waals surface area contributed by atoms with Crippen molar-refractivity contribution in [1.29, 1.82) is 0 Å². The fraction of sp³-hybridized carbons (Fsp3) is 0.217. The molecule has 3 rings (SSSR count). The van der Waals surface area contributed by atoms with Crippen LogP contribution in [-0.2, 0) is 17.4 Å². The predicted molar refractivity (Wildman–Crippen MR) is 114 cm³/mol. The summed E-state index contributed by atoms with van der Waals surface area (Å²) in [5.74, 6) is 1.49. The topological polar surface area (TPSA) is 65.0 Å². The van der Waals surface area contributed by atoms with Gasteiger partial charge in [0, 0.05) is 0 Å². The molecule has 5 nitrogen and oxygen atoms in total. The van der Waals surface area contributed by atoms with Gasteiger partial charge < -0.3 is 13.8 Å². The number of phosphoric acid groups is 1. The minimum Gasteiger partial charge on any atom is -0.496 e. The number of aryl methyl sites for hydroxylation is 4. The van der Waals surface area contributed by atoms with E-state index in [-0.39, 0.29) is 11.5 Å². The van der Waals surface area contributed by atoms with E-state index in [4.69, 9.17) is 13.8 Å². The Labute approximate surface area is 171 Å². The zero-order valence-corrected chi connectivity index (χ0v) is 17.7. The minimum absolute atomic E-state index is 0.278. The van der Waals surface area contributed by atoms with Crippen molar-refractivity contribution in [2.24, 2.45) is 0 Å². The molecule has 0 saturated carbocycles. The maximum absolute atomic E-state index is 12.2. The van der Waals surface area contributed by atoms with Gasteiger partial charge in [0.1, 0.15) is 17.2 Å². The zero-order valence-electron chi connectivity index (χ0n) is 16.8. The van der Waals surface area contributed by atoms with Crippen LogP contribution in [0.3, 0.4) is 0 Å². The lowest BCUT2D eigenvalue weighted by atomic mass is 10.00. The Morgan fingerprint density at radius 1 is 0.793 bits per heavy atom. The third-order valence-corrected chi connectivity index (χ3v) is 5.42. The summed E-state index contributed by atoms with van der Waals surface area (Å²) < 4.78 is 27.8. The van der Waals surface area contributed by atoms with Crippen LogP contribution in [0.1, 0.15) is 22.3 Å². The molecule has 0 aromatic heterocycles. The summed E-state index contributed by atoms with van der Waals surface area (Å²) in [6, 6.07) is 19.8. The highest BCUT2D eigenvalue weighted by Crippen LogP contribution is 2.44. The van der Waals surface area contributed by atoms with Crippen LogP contribution in [0.15, 0.2) is 66.7 Å². The summed E-state index contributed by atoms with van der Waals surface area (Å²) in [5, 5.41) is 0. The lowest BCUT2D eigenvalue weighted by Gasteiger charge is -2.14. The van der Waals surface area contributed by atoms with Crippen molar-refractivity contribution >= 4 is 7.82 Å². The Bertz CT molecular complexity index is 977. The standard InChI is InChI=1S/C23H25O5P/c1-17-15-20(16-18(2)23(17)26-3)10-9-19-11-13-22(14-12-19)28-29(24,25)27-21-7-5-4-6-8-21/h4-8,11-16H,9-10H2,1-3H3,(H,24,25). The molecule has 29 heavy (non-hydrogen) atoms. The molecule has 152 valence electrons. The molecule has 0 spiro atoms. The van der Waals surface area contributed by atoms with Crippen molar-refractivity contribution in [2.75, 3.05) is 7.11 Å². The molecule has 0 aliphatic heterocycles. The summed E-state index contributed by atoms with van der Waals surface area (Å²) in [4.78, 5) is 9.94. The number of hydrogen-bond donors (Lipinski definition) is 1. The molecule has 0 heterocycles. The lowest BCUT2D eigenvalue weighted by Crippen LogP contribution is -2.00. The number of hydrogen-bond acceptors (Lipinski definition) is 4. The molecular weight excluding hydrogens is 387 g/mol. The van der Waals surface area contributed by atoms with Crippen LogP contribution in [0, 0.1) is 13.8 Å². The van der Waals surface area contributed by atoms with Crippen LogP contribution in [-0.4, -0.2) is 12.0 Å². The third-order valence-electron chi connectivity index (χ3n) is 4.53. The molecule has 3 aromatic rings. The van der Waals surface area contributed by atoms with E-state index in [1.54, 1.807) is 49.6 Å². The molecule has 0 aliphatic carbocycles. The van der Waals surface area contributed by atoms with Crippen LogP contribution in [0.5, 0.6) is 17.2 Å². The van der Waals surface area contributed by atoms with Crippen LogP contribution >= 0.6 is 7.82 Å². The van der Waals surface area contributed by atoms with E-state index < -0.39 is 7.82 Å². The van der Waals surface area contributed by atoms with E-state index in [1.165, 1.54) is 5.56 Å². The van der Waals surface area contributed by atoms with E-state index in [0.717, 1.165) is 35.3 Å². The quantitative estimate of drug-likeness (QED) is 0.484. The Hall–Kier alpha value is -2.75. The molecule has 0 radical (unpaired) electrons. The van der Waals surface area contributed by atoms with Gasteiger partial charge in [-0.3, -0.25) is 4.89 Å². The Balaban J connectivity index is 1.59. The number of benzene rings is 3. The summed E-state index contributed by atoms with van der Waals surface area (Å²) >= 11 is 0. The highest BCUT2D eigenvalue weighted by Gasteiger charge is 2.24. The van der Waals surface area contributed by atoms with Crippen LogP contribution in [0.2, 0.25) is 0 Å². The smallest absolute Gasteiger partial charge is 0.496 e. The molecule has 0 fully saturated rings. The van der Waals surface area contributed by atoms with Crippen LogP contribution < -0.4 is 13.8 Å². The maximum atomic E-state index is 12.2. The summed E-state index contributed by atoms with van der Waals surface area (Å²) in [7, 11) is -2.56. The van der Waals surface area contributed by atoms with E-state index in [0.29, 0.717) is 0 Å². The molecule has 3 aromatic carbocycles. The lowest BCUT2D eigenvalue weighted by molar-refractivity contribution is 0.291. The van der Waals surface area contributed by atoms with Crippen molar-refractivity contribution in [2.45, 2.75) is 26.7 Å². The molecule has 1 unspecified atom stereocenters. The fourth-order valence-electron chi connectivity index (χ4n) is 3.28. The van der Waals surface area contributed by atoms with Crippen LogP contribution in [0.4, 0.5) is 0 Å². The average molecular weight is 412 g/mol. The average Bonchev–Trinajstić information content (AvgIpc) is 2.67. The first-order valence-corrected chi connectivity index (χ1v) is 10.9. The number of para-hydroxylation sites is 1. The molecule has 0 aliphatic rings. The van der Waals surface area contributed by atoms with Gasteiger partial charge >= 0.3 is 7.82 Å². The molecule has 0 saturated heterocycles. The SMILES string of the molecule is COc1c(C)cc(CCc2ccc(OP(=O)(O)Oc3ccccc3)cc2)cc1C. The second kappa shape index (κ2) is 9.17. The largest absolute Gasteiger partial charge is 0.584 e. The van der Waals surface area contributed by atoms with Gasteiger partial charge in [0.25, 0.3) is 0 Å². The maximum Gasteiger partial charge on any atom is 0.584 e. The number of phosphoric ester groups is 1. The van der Waals surface area contributed by atoms with E-state index in [1.807, 2.05) is 26.0 Å². The molecule has 1 atom stereocenters. The molecule has 1 N–H and O–H groups in total. The molecule has 6 heteroatoms. The Morgan fingerprint density at radius 2 is 1.31 bits per heavy atom.